The van der Waals surface area contributed by atoms with E-state index in [1.807, 2.05) is 18.2 Å². The number of aromatic nitrogens is 2. The van der Waals surface area contributed by atoms with Crippen LogP contribution in [0.2, 0.25) is 0 Å². The van der Waals surface area contributed by atoms with Gasteiger partial charge in [-0.05, 0) is 37.6 Å². The van der Waals surface area contributed by atoms with Gasteiger partial charge in [0.1, 0.15) is 0 Å². The lowest BCUT2D eigenvalue weighted by Crippen LogP contribution is -2.43. The molecule has 106 valence electrons. The molecule has 0 radical (unpaired) electrons. The van der Waals surface area contributed by atoms with Crippen molar-refractivity contribution in [2.45, 2.75) is 25.3 Å². The molecule has 1 atom stereocenters. The third kappa shape index (κ3) is 3.23. The number of rotatable bonds is 2. The van der Waals surface area contributed by atoms with Gasteiger partial charge >= 0.3 is 0 Å². The number of anilines is 1. The first-order valence-electron chi connectivity index (χ1n) is 6.58. The Hall–Kier alpha value is -1.72. The second-order valence-electron chi connectivity index (χ2n) is 4.75. The average Bonchev–Trinajstić information content (AvgIpc) is 2.48. The van der Waals surface area contributed by atoms with Crippen LogP contribution in [-0.4, -0.2) is 28.5 Å². The Morgan fingerprint density at radius 1 is 1.20 bits per heavy atom. The van der Waals surface area contributed by atoms with Gasteiger partial charge in [-0.15, -0.1) is 12.4 Å². The standard InChI is InChI=1S/C14H16N4O.ClH/c19-14(12-3-1-2-6-15-12)18-10-4-5-11-13(9-10)17-8-7-16-11;/h4-5,7-9,12,15H,1-3,6H2,(H,18,19);1H. The van der Waals surface area contributed by atoms with Gasteiger partial charge < -0.3 is 10.6 Å². The van der Waals surface area contributed by atoms with E-state index < -0.39 is 0 Å². The molecule has 0 spiro atoms. The molecule has 1 aliphatic rings. The van der Waals surface area contributed by atoms with E-state index in [2.05, 4.69) is 20.6 Å². The van der Waals surface area contributed by atoms with Crippen LogP contribution in [0.3, 0.4) is 0 Å². The van der Waals surface area contributed by atoms with E-state index in [0.717, 1.165) is 42.5 Å². The molecule has 6 heteroatoms. The number of hydrogen-bond donors (Lipinski definition) is 2. The molecule has 5 nitrogen and oxygen atoms in total. The summed E-state index contributed by atoms with van der Waals surface area (Å²) in [6.07, 6.45) is 6.46. The fourth-order valence-electron chi connectivity index (χ4n) is 2.35. The summed E-state index contributed by atoms with van der Waals surface area (Å²) < 4.78 is 0. The van der Waals surface area contributed by atoms with Crippen LogP contribution in [0.1, 0.15) is 19.3 Å². The summed E-state index contributed by atoms with van der Waals surface area (Å²) in [5.74, 6) is 0.0305. The van der Waals surface area contributed by atoms with E-state index in [9.17, 15) is 4.79 Å². The summed E-state index contributed by atoms with van der Waals surface area (Å²) in [7, 11) is 0. The number of amides is 1. The van der Waals surface area contributed by atoms with Crippen molar-refractivity contribution in [2.24, 2.45) is 0 Å². The van der Waals surface area contributed by atoms with Crippen LogP contribution in [0.15, 0.2) is 30.6 Å². The van der Waals surface area contributed by atoms with Crippen molar-refractivity contribution < 1.29 is 4.79 Å². The summed E-state index contributed by atoms with van der Waals surface area (Å²) in [5.41, 5.74) is 2.39. The smallest absolute Gasteiger partial charge is 0.241 e. The van der Waals surface area contributed by atoms with Gasteiger partial charge in [-0.25, -0.2) is 0 Å². The van der Waals surface area contributed by atoms with Crippen molar-refractivity contribution in [2.75, 3.05) is 11.9 Å². The van der Waals surface area contributed by atoms with Crippen molar-refractivity contribution in [3.05, 3.63) is 30.6 Å². The minimum atomic E-state index is -0.0775. The van der Waals surface area contributed by atoms with E-state index in [4.69, 9.17) is 0 Å². The van der Waals surface area contributed by atoms with Gasteiger partial charge in [-0.3, -0.25) is 14.8 Å². The molecular formula is C14H17ClN4O. The van der Waals surface area contributed by atoms with Crippen LogP contribution in [0.4, 0.5) is 5.69 Å². The minimum Gasteiger partial charge on any atom is -0.325 e. The van der Waals surface area contributed by atoms with Crippen molar-refractivity contribution in [1.82, 2.24) is 15.3 Å². The molecule has 1 aromatic heterocycles. The average molecular weight is 293 g/mol. The van der Waals surface area contributed by atoms with Gasteiger partial charge in [-0.1, -0.05) is 6.42 Å². The topological polar surface area (TPSA) is 66.9 Å². The highest BCUT2D eigenvalue weighted by atomic mass is 35.5. The Balaban J connectivity index is 0.00000147. The monoisotopic (exact) mass is 292 g/mol. The number of nitrogens with one attached hydrogen (secondary N) is 2. The van der Waals surface area contributed by atoms with Crippen LogP contribution in [0.5, 0.6) is 0 Å². The van der Waals surface area contributed by atoms with E-state index in [1.165, 1.54) is 0 Å². The fourth-order valence-corrected chi connectivity index (χ4v) is 2.35. The summed E-state index contributed by atoms with van der Waals surface area (Å²) >= 11 is 0. The number of benzene rings is 1. The molecule has 0 bridgehead atoms. The van der Waals surface area contributed by atoms with E-state index in [-0.39, 0.29) is 24.4 Å². The molecule has 1 aromatic carbocycles. The van der Waals surface area contributed by atoms with Crippen molar-refractivity contribution in [3.8, 4) is 0 Å². The van der Waals surface area contributed by atoms with Crippen LogP contribution in [0.25, 0.3) is 11.0 Å². The van der Waals surface area contributed by atoms with Gasteiger partial charge in [0.05, 0.1) is 17.1 Å². The normalized spacial score (nSPS) is 18.3. The van der Waals surface area contributed by atoms with Crippen LogP contribution < -0.4 is 10.6 Å². The van der Waals surface area contributed by atoms with Crippen molar-refractivity contribution in [3.63, 3.8) is 0 Å². The molecule has 2 heterocycles. The molecule has 1 amide bonds. The Labute approximate surface area is 123 Å². The van der Waals surface area contributed by atoms with Gasteiger partial charge in [0.15, 0.2) is 0 Å². The maximum Gasteiger partial charge on any atom is 0.241 e. The quantitative estimate of drug-likeness (QED) is 0.890. The summed E-state index contributed by atoms with van der Waals surface area (Å²) in [4.78, 5) is 20.5. The molecule has 3 rings (SSSR count). The zero-order chi connectivity index (χ0) is 13.1. The van der Waals surface area contributed by atoms with Crippen LogP contribution in [-0.2, 0) is 4.79 Å². The van der Waals surface area contributed by atoms with Crippen molar-refractivity contribution in [1.29, 1.82) is 0 Å². The SMILES string of the molecule is Cl.O=C(Nc1ccc2nccnc2c1)C1CCCCN1. The molecular weight excluding hydrogens is 276 g/mol. The lowest BCUT2D eigenvalue weighted by Gasteiger charge is -2.22. The van der Waals surface area contributed by atoms with Gasteiger partial charge in [-0.2, -0.15) is 0 Å². The number of carbonyl (C=O) groups is 1. The zero-order valence-corrected chi connectivity index (χ0v) is 11.8. The number of fused-ring (bicyclic) bond motifs is 1. The maximum atomic E-state index is 12.1. The third-order valence-corrected chi connectivity index (χ3v) is 3.36. The van der Waals surface area contributed by atoms with Gasteiger partial charge in [0, 0.05) is 18.1 Å². The number of halogens is 1. The predicted octanol–water partition coefficient (Wildman–Crippen LogP) is 2.13. The summed E-state index contributed by atoms with van der Waals surface area (Å²) in [6, 6.07) is 5.50. The number of carbonyl (C=O) groups excluding carboxylic acids is 1. The number of hydrogen-bond acceptors (Lipinski definition) is 4. The highest BCUT2D eigenvalue weighted by Crippen LogP contribution is 2.16. The molecule has 2 aromatic rings. The summed E-state index contributed by atoms with van der Waals surface area (Å²) in [5, 5.41) is 6.17. The fraction of sp³-hybridized carbons (Fsp3) is 0.357. The first kappa shape index (κ1) is 14.7. The third-order valence-electron chi connectivity index (χ3n) is 3.36. The van der Waals surface area contributed by atoms with Gasteiger partial charge in [0.25, 0.3) is 0 Å². The molecule has 0 saturated carbocycles. The Bertz CT molecular complexity index is 598. The zero-order valence-electron chi connectivity index (χ0n) is 11.0. The lowest BCUT2D eigenvalue weighted by molar-refractivity contribution is -0.118. The lowest BCUT2D eigenvalue weighted by atomic mass is 10.0. The molecule has 20 heavy (non-hydrogen) atoms. The second-order valence-corrected chi connectivity index (χ2v) is 4.75. The van der Waals surface area contributed by atoms with Gasteiger partial charge in [0.2, 0.25) is 5.91 Å². The molecule has 1 saturated heterocycles. The van der Waals surface area contributed by atoms with Crippen LogP contribution >= 0.6 is 12.4 Å². The molecule has 0 aliphatic carbocycles. The second kappa shape index (κ2) is 6.63. The number of piperidine rings is 1. The predicted molar refractivity (Wildman–Crippen MR) is 81.1 cm³/mol. The maximum absolute atomic E-state index is 12.1. The highest BCUT2D eigenvalue weighted by molar-refractivity contribution is 5.96. The Morgan fingerprint density at radius 3 is 2.75 bits per heavy atom. The molecule has 1 unspecified atom stereocenters. The molecule has 1 fully saturated rings. The number of nitrogens with zero attached hydrogens (tertiary/aromatic N) is 2. The Morgan fingerprint density at radius 2 is 2.00 bits per heavy atom. The molecule has 2 N–H and O–H groups in total. The van der Waals surface area contributed by atoms with E-state index in [1.54, 1.807) is 12.4 Å². The van der Waals surface area contributed by atoms with Crippen LogP contribution in [0, 0.1) is 0 Å². The highest BCUT2D eigenvalue weighted by Gasteiger charge is 2.20. The summed E-state index contributed by atoms with van der Waals surface area (Å²) in [6.45, 7) is 0.918. The Kier molecular flexibility index (Phi) is 4.87. The first-order chi connectivity index (χ1) is 9.33. The van der Waals surface area contributed by atoms with E-state index in [0.29, 0.717) is 0 Å². The van der Waals surface area contributed by atoms with Crippen molar-refractivity contribution >= 4 is 35.0 Å². The van der Waals surface area contributed by atoms with E-state index >= 15 is 0 Å². The molecule has 1 aliphatic heterocycles. The minimum absolute atomic E-state index is 0. The first-order valence-corrected chi connectivity index (χ1v) is 6.58. The largest absolute Gasteiger partial charge is 0.325 e.